The van der Waals surface area contributed by atoms with E-state index in [1.807, 2.05) is 37.3 Å². The number of hydrogen-bond donors (Lipinski definition) is 2. The Hall–Kier alpha value is -2.33. The molecule has 4 heteroatoms. The lowest BCUT2D eigenvalue weighted by molar-refractivity contribution is -0.117. The summed E-state index contributed by atoms with van der Waals surface area (Å²) in [6.07, 6.45) is 0. The van der Waals surface area contributed by atoms with Crippen molar-refractivity contribution in [3.8, 4) is 0 Å². The van der Waals surface area contributed by atoms with Crippen LogP contribution in [0.5, 0.6) is 0 Å². The van der Waals surface area contributed by atoms with Crippen molar-refractivity contribution in [2.45, 2.75) is 20.4 Å². The van der Waals surface area contributed by atoms with Crippen LogP contribution in [-0.2, 0) is 11.3 Å². The van der Waals surface area contributed by atoms with Crippen LogP contribution in [0.4, 0.5) is 11.4 Å². The number of nitrogen functional groups attached to an aromatic ring is 1. The lowest BCUT2D eigenvalue weighted by atomic mass is 10.2. The third-order valence-corrected chi connectivity index (χ3v) is 3.63. The Morgan fingerprint density at radius 3 is 2.55 bits per heavy atom. The minimum Gasteiger partial charge on any atom is -0.398 e. The number of nitrogens with zero attached hydrogens (tertiary/aromatic N) is 1. The number of aryl methyl sites for hydroxylation is 1. The van der Waals surface area contributed by atoms with Crippen LogP contribution in [0.2, 0.25) is 0 Å². The zero-order valence-corrected chi connectivity index (χ0v) is 13.2. The van der Waals surface area contributed by atoms with E-state index in [-0.39, 0.29) is 5.91 Å². The molecular weight excluding hydrogens is 274 g/mol. The van der Waals surface area contributed by atoms with E-state index in [4.69, 9.17) is 5.73 Å². The molecule has 0 aliphatic rings. The summed E-state index contributed by atoms with van der Waals surface area (Å²) in [4.78, 5) is 14.3. The van der Waals surface area contributed by atoms with E-state index in [0.29, 0.717) is 12.2 Å². The zero-order chi connectivity index (χ0) is 15.9. The van der Waals surface area contributed by atoms with E-state index in [2.05, 4.69) is 29.3 Å². The topological polar surface area (TPSA) is 58.4 Å². The lowest BCUT2D eigenvalue weighted by Gasteiger charge is -2.20. The van der Waals surface area contributed by atoms with Crippen molar-refractivity contribution in [2.75, 3.05) is 24.1 Å². The summed E-state index contributed by atoms with van der Waals surface area (Å²) >= 11 is 0. The average Bonchev–Trinajstić information content (AvgIpc) is 2.51. The Labute approximate surface area is 131 Å². The maximum absolute atomic E-state index is 12.2. The van der Waals surface area contributed by atoms with Crippen LogP contribution in [-0.4, -0.2) is 23.9 Å². The van der Waals surface area contributed by atoms with E-state index in [9.17, 15) is 4.79 Å². The van der Waals surface area contributed by atoms with Gasteiger partial charge in [0.1, 0.15) is 0 Å². The minimum absolute atomic E-state index is 0.0268. The first kappa shape index (κ1) is 16.0. The van der Waals surface area contributed by atoms with Crippen LogP contribution >= 0.6 is 0 Å². The molecule has 0 unspecified atom stereocenters. The van der Waals surface area contributed by atoms with Gasteiger partial charge >= 0.3 is 0 Å². The Morgan fingerprint density at radius 2 is 1.91 bits per heavy atom. The first-order valence-corrected chi connectivity index (χ1v) is 7.50. The molecule has 0 saturated carbocycles. The van der Waals surface area contributed by atoms with E-state index in [0.717, 1.165) is 24.3 Å². The highest BCUT2D eigenvalue weighted by atomic mass is 16.2. The van der Waals surface area contributed by atoms with Crippen molar-refractivity contribution in [1.29, 1.82) is 0 Å². The molecule has 0 radical (unpaired) electrons. The Kier molecular flexibility index (Phi) is 5.55. The molecule has 0 saturated heterocycles. The highest BCUT2D eigenvalue weighted by Crippen LogP contribution is 2.16. The van der Waals surface area contributed by atoms with Crippen molar-refractivity contribution in [3.05, 3.63) is 59.7 Å². The van der Waals surface area contributed by atoms with E-state index in [1.165, 1.54) is 5.56 Å². The minimum atomic E-state index is -0.0268. The third-order valence-electron chi connectivity index (χ3n) is 3.63. The standard InChI is InChI=1S/C18H23N3O/c1-3-21(12-15-7-5-4-6-8-15)13-18(22)20-16-10-9-14(2)17(19)11-16/h4-11H,3,12-13,19H2,1-2H3,(H,20,22). The summed E-state index contributed by atoms with van der Waals surface area (Å²) in [6, 6.07) is 15.7. The van der Waals surface area contributed by atoms with Crippen LogP contribution in [0.3, 0.4) is 0 Å². The van der Waals surface area contributed by atoms with E-state index < -0.39 is 0 Å². The Balaban J connectivity index is 1.93. The summed E-state index contributed by atoms with van der Waals surface area (Å²) in [6.45, 7) is 5.94. The second-order valence-corrected chi connectivity index (χ2v) is 5.41. The van der Waals surface area contributed by atoms with Gasteiger partial charge in [-0.25, -0.2) is 0 Å². The van der Waals surface area contributed by atoms with Gasteiger partial charge in [-0.15, -0.1) is 0 Å². The summed E-state index contributed by atoms with van der Waals surface area (Å²) in [5, 5.41) is 2.90. The number of rotatable bonds is 6. The van der Waals surface area contributed by atoms with Gasteiger partial charge in [0.2, 0.25) is 5.91 Å². The van der Waals surface area contributed by atoms with Gasteiger partial charge in [-0.05, 0) is 36.7 Å². The molecular formula is C18H23N3O. The quantitative estimate of drug-likeness (QED) is 0.806. The van der Waals surface area contributed by atoms with Crippen LogP contribution in [0, 0.1) is 6.92 Å². The predicted octanol–water partition coefficient (Wildman–Crippen LogP) is 3.04. The van der Waals surface area contributed by atoms with Crippen molar-refractivity contribution >= 4 is 17.3 Å². The molecule has 3 N–H and O–H groups in total. The van der Waals surface area contributed by atoms with Crippen molar-refractivity contribution < 1.29 is 4.79 Å². The monoisotopic (exact) mass is 297 g/mol. The summed E-state index contributed by atoms with van der Waals surface area (Å²) in [7, 11) is 0. The van der Waals surface area contributed by atoms with Crippen LogP contribution in [0.1, 0.15) is 18.1 Å². The van der Waals surface area contributed by atoms with E-state index >= 15 is 0 Å². The lowest BCUT2D eigenvalue weighted by Crippen LogP contribution is -2.32. The average molecular weight is 297 g/mol. The van der Waals surface area contributed by atoms with Gasteiger partial charge in [-0.1, -0.05) is 43.3 Å². The fraction of sp³-hybridized carbons (Fsp3) is 0.278. The largest absolute Gasteiger partial charge is 0.398 e. The van der Waals surface area contributed by atoms with Crippen molar-refractivity contribution in [2.24, 2.45) is 0 Å². The Morgan fingerprint density at radius 1 is 1.18 bits per heavy atom. The van der Waals surface area contributed by atoms with Crippen LogP contribution in [0.15, 0.2) is 48.5 Å². The SMILES string of the molecule is CCN(CC(=O)Nc1ccc(C)c(N)c1)Cc1ccccc1. The molecule has 4 nitrogen and oxygen atoms in total. The maximum Gasteiger partial charge on any atom is 0.238 e. The first-order valence-electron chi connectivity index (χ1n) is 7.50. The molecule has 0 bridgehead atoms. The highest BCUT2D eigenvalue weighted by Gasteiger charge is 2.10. The smallest absolute Gasteiger partial charge is 0.238 e. The molecule has 22 heavy (non-hydrogen) atoms. The molecule has 0 aliphatic carbocycles. The predicted molar refractivity (Wildman–Crippen MR) is 91.6 cm³/mol. The van der Waals surface area contributed by atoms with E-state index in [1.54, 1.807) is 6.07 Å². The molecule has 2 rings (SSSR count). The second-order valence-electron chi connectivity index (χ2n) is 5.41. The Bertz CT molecular complexity index is 625. The summed E-state index contributed by atoms with van der Waals surface area (Å²) in [5.41, 5.74) is 9.51. The van der Waals surface area contributed by atoms with Gasteiger partial charge in [0.15, 0.2) is 0 Å². The summed E-state index contributed by atoms with van der Waals surface area (Å²) in [5.74, 6) is -0.0268. The number of likely N-dealkylation sites (N-methyl/N-ethyl adjacent to an activating group) is 1. The van der Waals surface area contributed by atoms with Gasteiger partial charge in [0.25, 0.3) is 0 Å². The molecule has 0 aromatic heterocycles. The number of hydrogen-bond acceptors (Lipinski definition) is 3. The molecule has 1 amide bonds. The summed E-state index contributed by atoms with van der Waals surface area (Å²) < 4.78 is 0. The number of anilines is 2. The zero-order valence-electron chi connectivity index (χ0n) is 13.2. The third kappa shape index (κ3) is 4.60. The number of carbonyl (C=O) groups excluding carboxylic acids is 1. The molecule has 2 aromatic carbocycles. The number of benzene rings is 2. The first-order chi connectivity index (χ1) is 10.6. The maximum atomic E-state index is 12.2. The molecule has 116 valence electrons. The van der Waals surface area contributed by atoms with Gasteiger partial charge in [-0.3, -0.25) is 9.69 Å². The van der Waals surface area contributed by atoms with Gasteiger partial charge in [-0.2, -0.15) is 0 Å². The van der Waals surface area contributed by atoms with Crippen LogP contribution in [0.25, 0.3) is 0 Å². The molecule has 2 aromatic rings. The molecule has 0 spiro atoms. The molecule has 0 heterocycles. The normalized spacial score (nSPS) is 10.7. The molecule has 0 aliphatic heterocycles. The molecule has 0 atom stereocenters. The van der Waals surface area contributed by atoms with Crippen LogP contribution < -0.4 is 11.1 Å². The molecule has 0 fully saturated rings. The number of nitrogens with one attached hydrogen (secondary N) is 1. The number of nitrogens with two attached hydrogens (primary N) is 1. The highest BCUT2D eigenvalue weighted by molar-refractivity contribution is 5.92. The van der Waals surface area contributed by atoms with Gasteiger partial charge in [0.05, 0.1) is 6.54 Å². The van der Waals surface area contributed by atoms with Gasteiger partial charge < -0.3 is 11.1 Å². The fourth-order valence-electron chi connectivity index (χ4n) is 2.24. The number of amides is 1. The fourth-order valence-corrected chi connectivity index (χ4v) is 2.24. The van der Waals surface area contributed by atoms with Gasteiger partial charge in [0, 0.05) is 17.9 Å². The van der Waals surface area contributed by atoms with Crippen molar-refractivity contribution in [3.63, 3.8) is 0 Å². The van der Waals surface area contributed by atoms with Crippen molar-refractivity contribution in [1.82, 2.24) is 4.90 Å². The second kappa shape index (κ2) is 7.61. The number of carbonyl (C=O) groups is 1.